The maximum Gasteiger partial charge on any atom is 0.417 e. The second-order valence-corrected chi connectivity index (χ2v) is 3.62. The summed E-state index contributed by atoms with van der Waals surface area (Å²) in [5.41, 5.74) is -3.21. The minimum absolute atomic E-state index is 0.346. The van der Waals surface area contributed by atoms with Crippen molar-refractivity contribution in [3.63, 3.8) is 0 Å². The normalized spacial score (nSPS) is 13.0. The van der Waals surface area contributed by atoms with E-state index in [4.69, 9.17) is 23.2 Å². The second kappa shape index (κ2) is 4.00. The minimum Gasteiger partial charge on any atom is -0.166 e. The standard InChI is InChI=1S/C8H2Cl2F6/c9-3-1-4(7(11,12)13)6(10)5(2-3)8(14,15)16/h1-2H. The van der Waals surface area contributed by atoms with Gasteiger partial charge in [0.05, 0.1) is 16.1 Å². The summed E-state index contributed by atoms with van der Waals surface area (Å²) in [5, 5.41) is -2.08. The molecule has 16 heavy (non-hydrogen) atoms. The lowest BCUT2D eigenvalue weighted by Crippen LogP contribution is -2.12. The Morgan fingerprint density at radius 1 is 0.750 bits per heavy atom. The minimum atomic E-state index is -4.98. The molecule has 0 saturated heterocycles. The van der Waals surface area contributed by atoms with Gasteiger partial charge in [-0.1, -0.05) is 23.2 Å². The molecular weight excluding hydrogens is 281 g/mol. The van der Waals surface area contributed by atoms with Crippen molar-refractivity contribution in [2.24, 2.45) is 0 Å². The van der Waals surface area contributed by atoms with Crippen molar-refractivity contribution in [1.82, 2.24) is 0 Å². The molecule has 0 bridgehead atoms. The maximum atomic E-state index is 12.3. The Morgan fingerprint density at radius 2 is 1.06 bits per heavy atom. The summed E-state index contributed by atoms with van der Waals surface area (Å²) < 4.78 is 73.7. The summed E-state index contributed by atoms with van der Waals surface area (Å²) >= 11 is 10.2. The molecule has 0 saturated carbocycles. The van der Waals surface area contributed by atoms with Crippen LogP contribution in [-0.2, 0) is 12.4 Å². The molecule has 0 aliphatic heterocycles. The van der Waals surface area contributed by atoms with Crippen LogP contribution >= 0.6 is 23.2 Å². The first-order valence-corrected chi connectivity index (χ1v) is 4.42. The van der Waals surface area contributed by atoms with Crippen molar-refractivity contribution < 1.29 is 26.3 Å². The smallest absolute Gasteiger partial charge is 0.166 e. The fourth-order valence-electron chi connectivity index (χ4n) is 1.00. The van der Waals surface area contributed by atoms with Crippen LogP contribution in [0.2, 0.25) is 10.0 Å². The van der Waals surface area contributed by atoms with E-state index in [9.17, 15) is 26.3 Å². The van der Waals surface area contributed by atoms with E-state index in [2.05, 4.69) is 0 Å². The molecule has 0 aliphatic carbocycles. The lowest BCUT2D eigenvalue weighted by molar-refractivity contribution is -0.142. The fraction of sp³-hybridized carbons (Fsp3) is 0.250. The van der Waals surface area contributed by atoms with Crippen molar-refractivity contribution in [3.8, 4) is 0 Å². The predicted molar refractivity (Wildman–Crippen MR) is 46.5 cm³/mol. The number of hydrogen-bond acceptors (Lipinski definition) is 0. The molecular formula is C8H2Cl2F6. The van der Waals surface area contributed by atoms with Crippen LogP contribution in [0, 0.1) is 0 Å². The van der Waals surface area contributed by atoms with Gasteiger partial charge in [-0.2, -0.15) is 26.3 Å². The molecule has 1 aromatic carbocycles. The van der Waals surface area contributed by atoms with Gasteiger partial charge in [0.15, 0.2) is 0 Å². The van der Waals surface area contributed by atoms with Gasteiger partial charge in [-0.25, -0.2) is 0 Å². The highest BCUT2D eigenvalue weighted by molar-refractivity contribution is 6.34. The zero-order chi connectivity index (χ0) is 12.7. The third kappa shape index (κ3) is 2.74. The highest BCUT2D eigenvalue weighted by Crippen LogP contribution is 2.43. The van der Waals surface area contributed by atoms with Gasteiger partial charge in [0.1, 0.15) is 0 Å². The quantitative estimate of drug-likeness (QED) is 0.586. The lowest BCUT2D eigenvalue weighted by atomic mass is 10.1. The van der Waals surface area contributed by atoms with Gasteiger partial charge in [0.2, 0.25) is 0 Å². The van der Waals surface area contributed by atoms with Gasteiger partial charge in [0.25, 0.3) is 0 Å². The van der Waals surface area contributed by atoms with Gasteiger partial charge >= 0.3 is 12.4 Å². The third-order valence-electron chi connectivity index (χ3n) is 1.65. The summed E-state index contributed by atoms with van der Waals surface area (Å²) in [5.74, 6) is 0. The molecule has 8 heteroatoms. The molecule has 1 aromatic rings. The largest absolute Gasteiger partial charge is 0.417 e. The van der Waals surface area contributed by atoms with E-state index in [-0.39, 0.29) is 0 Å². The number of halogens is 8. The monoisotopic (exact) mass is 282 g/mol. The summed E-state index contributed by atoms with van der Waals surface area (Å²) in [7, 11) is 0. The molecule has 0 fully saturated rings. The average Bonchev–Trinajstić information content (AvgIpc) is 2.04. The lowest BCUT2D eigenvalue weighted by Gasteiger charge is -2.15. The molecule has 0 aromatic heterocycles. The molecule has 0 radical (unpaired) electrons. The zero-order valence-corrected chi connectivity index (χ0v) is 8.69. The molecule has 0 N–H and O–H groups in total. The van der Waals surface area contributed by atoms with Crippen molar-refractivity contribution in [2.75, 3.05) is 0 Å². The summed E-state index contributed by atoms with van der Waals surface area (Å²) in [6.45, 7) is 0. The van der Waals surface area contributed by atoms with E-state index in [1.54, 1.807) is 0 Å². The van der Waals surface area contributed by atoms with Gasteiger partial charge in [-0.15, -0.1) is 0 Å². The van der Waals surface area contributed by atoms with E-state index in [0.29, 0.717) is 12.1 Å². The number of rotatable bonds is 0. The van der Waals surface area contributed by atoms with Crippen molar-refractivity contribution in [3.05, 3.63) is 33.3 Å². The molecule has 1 rings (SSSR count). The van der Waals surface area contributed by atoms with Crippen molar-refractivity contribution in [2.45, 2.75) is 12.4 Å². The SMILES string of the molecule is FC(F)(F)c1cc(Cl)cc(C(F)(F)F)c1Cl. The second-order valence-electron chi connectivity index (χ2n) is 2.81. The molecule has 0 nitrogen and oxygen atoms in total. The molecule has 0 atom stereocenters. The molecule has 0 spiro atoms. The molecule has 0 aliphatic rings. The van der Waals surface area contributed by atoms with Crippen molar-refractivity contribution in [1.29, 1.82) is 0 Å². The highest BCUT2D eigenvalue weighted by Gasteiger charge is 2.40. The summed E-state index contributed by atoms with van der Waals surface area (Å²) in [4.78, 5) is 0. The predicted octanol–water partition coefficient (Wildman–Crippen LogP) is 5.03. The van der Waals surface area contributed by atoms with E-state index in [1.165, 1.54) is 0 Å². The Hall–Kier alpha value is -0.620. The number of benzene rings is 1. The van der Waals surface area contributed by atoms with Crippen LogP contribution in [0.4, 0.5) is 26.3 Å². The van der Waals surface area contributed by atoms with Gasteiger partial charge < -0.3 is 0 Å². The van der Waals surface area contributed by atoms with E-state index in [1.807, 2.05) is 0 Å². The summed E-state index contributed by atoms with van der Waals surface area (Å²) in [6.07, 6.45) is -9.97. The van der Waals surface area contributed by atoms with Crippen LogP contribution in [0.5, 0.6) is 0 Å². The van der Waals surface area contributed by atoms with Crippen molar-refractivity contribution >= 4 is 23.2 Å². The maximum absolute atomic E-state index is 12.3. The Morgan fingerprint density at radius 3 is 1.31 bits per heavy atom. The molecule has 0 amide bonds. The third-order valence-corrected chi connectivity index (χ3v) is 2.27. The van der Waals surface area contributed by atoms with Gasteiger partial charge in [-0.05, 0) is 12.1 Å². The van der Waals surface area contributed by atoms with Crippen LogP contribution < -0.4 is 0 Å². The first kappa shape index (κ1) is 13.4. The molecule has 90 valence electrons. The van der Waals surface area contributed by atoms with E-state index >= 15 is 0 Å². The van der Waals surface area contributed by atoms with Crippen LogP contribution in [0.15, 0.2) is 12.1 Å². The van der Waals surface area contributed by atoms with Crippen LogP contribution in [0.1, 0.15) is 11.1 Å². The average molecular weight is 283 g/mol. The Bertz CT molecular complexity index is 371. The van der Waals surface area contributed by atoms with Crippen LogP contribution in [-0.4, -0.2) is 0 Å². The topological polar surface area (TPSA) is 0 Å². The van der Waals surface area contributed by atoms with Gasteiger partial charge in [-0.3, -0.25) is 0 Å². The Kier molecular flexibility index (Phi) is 3.36. The first-order valence-electron chi connectivity index (χ1n) is 3.67. The number of hydrogen-bond donors (Lipinski definition) is 0. The van der Waals surface area contributed by atoms with Crippen LogP contribution in [0.25, 0.3) is 0 Å². The first-order chi connectivity index (χ1) is 7.03. The Labute approximate surface area is 95.8 Å². The number of alkyl halides is 6. The van der Waals surface area contributed by atoms with E-state index in [0.717, 1.165) is 0 Å². The highest BCUT2D eigenvalue weighted by atomic mass is 35.5. The zero-order valence-electron chi connectivity index (χ0n) is 7.18. The summed E-state index contributed by atoms with van der Waals surface area (Å²) in [6, 6.07) is 0.693. The molecule has 0 heterocycles. The Balaban J connectivity index is 3.51. The van der Waals surface area contributed by atoms with E-state index < -0.39 is 33.5 Å². The molecule has 0 unspecified atom stereocenters. The van der Waals surface area contributed by atoms with Crippen LogP contribution in [0.3, 0.4) is 0 Å². The fourth-order valence-corrected chi connectivity index (χ4v) is 1.54. The van der Waals surface area contributed by atoms with Gasteiger partial charge in [0, 0.05) is 5.02 Å².